The summed E-state index contributed by atoms with van der Waals surface area (Å²) in [5.74, 6) is 0.747. The van der Waals surface area contributed by atoms with E-state index in [2.05, 4.69) is 41.8 Å². The molecule has 2 rings (SSSR count). The number of piperazine rings is 1. The third-order valence-electron chi connectivity index (χ3n) is 3.76. The van der Waals surface area contributed by atoms with Crippen LogP contribution in [0.3, 0.4) is 0 Å². The van der Waals surface area contributed by atoms with Crippen molar-refractivity contribution in [1.29, 1.82) is 0 Å². The molecule has 0 saturated carbocycles. The van der Waals surface area contributed by atoms with Gasteiger partial charge in [-0.3, -0.25) is 9.80 Å². The zero-order valence-corrected chi connectivity index (χ0v) is 12.2. The molecule has 0 bridgehead atoms. The number of rotatable bonds is 4. The molecule has 0 N–H and O–H groups in total. The summed E-state index contributed by atoms with van der Waals surface area (Å²) in [5, 5.41) is 0. The Labute approximate surface area is 116 Å². The van der Waals surface area contributed by atoms with Crippen LogP contribution in [0.15, 0.2) is 18.2 Å². The van der Waals surface area contributed by atoms with E-state index in [1.165, 1.54) is 16.7 Å². The Morgan fingerprint density at radius 3 is 2.39 bits per heavy atom. The lowest BCUT2D eigenvalue weighted by atomic mass is 10.0. The summed E-state index contributed by atoms with van der Waals surface area (Å²) < 4.78 is 0. The average Bonchev–Trinajstić information content (AvgIpc) is 2.37. The second kappa shape index (κ2) is 6.55. The number of alkyl halides is 1. The Morgan fingerprint density at radius 1 is 1.06 bits per heavy atom. The summed E-state index contributed by atoms with van der Waals surface area (Å²) in [6, 6.07) is 6.74. The van der Waals surface area contributed by atoms with Gasteiger partial charge in [0.05, 0.1) is 0 Å². The van der Waals surface area contributed by atoms with E-state index in [0.717, 1.165) is 45.1 Å². The molecule has 1 aromatic rings. The Hall–Kier alpha value is -0.570. The first-order valence-electron chi connectivity index (χ1n) is 6.76. The zero-order valence-electron chi connectivity index (χ0n) is 11.5. The molecule has 0 spiro atoms. The summed E-state index contributed by atoms with van der Waals surface area (Å²) in [4.78, 5) is 5.00. The first-order chi connectivity index (χ1) is 8.69. The number of aryl methyl sites for hydroxylation is 2. The molecule has 0 unspecified atom stereocenters. The van der Waals surface area contributed by atoms with Crippen LogP contribution in [0.25, 0.3) is 0 Å². The Kier molecular flexibility index (Phi) is 5.04. The molecule has 1 fully saturated rings. The molecule has 0 aromatic heterocycles. The molecule has 1 aliphatic heterocycles. The fourth-order valence-electron chi connectivity index (χ4n) is 2.50. The van der Waals surface area contributed by atoms with Crippen LogP contribution in [0.1, 0.15) is 16.7 Å². The van der Waals surface area contributed by atoms with Gasteiger partial charge >= 0.3 is 0 Å². The minimum atomic E-state index is 0.747. The highest BCUT2D eigenvalue weighted by Crippen LogP contribution is 2.14. The van der Waals surface area contributed by atoms with E-state index in [-0.39, 0.29) is 0 Å². The van der Waals surface area contributed by atoms with Crippen LogP contribution in [-0.2, 0) is 6.54 Å². The van der Waals surface area contributed by atoms with Gasteiger partial charge in [0.2, 0.25) is 0 Å². The quantitative estimate of drug-likeness (QED) is 0.773. The van der Waals surface area contributed by atoms with Crippen molar-refractivity contribution >= 4 is 11.6 Å². The van der Waals surface area contributed by atoms with Crippen molar-refractivity contribution < 1.29 is 0 Å². The van der Waals surface area contributed by atoms with Crippen molar-refractivity contribution in [3.05, 3.63) is 34.9 Å². The minimum Gasteiger partial charge on any atom is -0.300 e. The van der Waals surface area contributed by atoms with E-state index in [0.29, 0.717) is 0 Å². The molecule has 0 radical (unpaired) electrons. The van der Waals surface area contributed by atoms with Crippen molar-refractivity contribution in [2.45, 2.75) is 20.4 Å². The summed E-state index contributed by atoms with van der Waals surface area (Å²) in [5.41, 5.74) is 4.24. The molecule has 1 saturated heterocycles. The molecule has 3 heteroatoms. The van der Waals surface area contributed by atoms with E-state index in [4.69, 9.17) is 11.6 Å². The molecular formula is C15H23ClN2. The normalized spacial score (nSPS) is 18.2. The second-order valence-electron chi connectivity index (χ2n) is 5.24. The van der Waals surface area contributed by atoms with Gasteiger partial charge in [0.15, 0.2) is 0 Å². The van der Waals surface area contributed by atoms with Gasteiger partial charge in [-0.2, -0.15) is 0 Å². The van der Waals surface area contributed by atoms with Crippen molar-refractivity contribution in [3.63, 3.8) is 0 Å². The van der Waals surface area contributed by atoms with E-state index in [1.807, 2.05) is 0 Å². The van der Waals surface area contributed by atoms with Crippen LogP contribution in [0.4, 0.5) is 0 Å². The third kappa shape index (κ3) is 3.71. The first kappa shape index (κ1) is 13.9. The summed E-state index contributed by atoms with van der Waals surface area (Å²) in [6.07, 6.45) is 0. The maximum atomic E-state index is 5.78. The molecule has 0 aliphatic carbocycles. The predicted molar refractivity (Wildman–Crippen MR) is 78.4 cm³/mol. The van der Waals surface area contributed by atoms with Crippen LogP contribution in [0.2, 0.25) is 0 Å². The van der Waals surface area contributed by atoms with Crippen molar-refractivity contribution in [2.75, 3.05) is 38.6 Å². The molecule has 100 valence electrons. The van der Waals surface area contributed by atoms with E-state index in [1.54, 1.807) is 0 Å². The Balaban J connectivity index is 1.89. The molecule has 18 heavy (non-hydrogen) atoms. The zero-order chi connectivity index (χ0) is 13.0. The lowest BCUT2D eigenvalue weighted by Gasteiger charge is -2.34. The van der Waals surface area contributed by atoms with Crippen molar-refractivity contribution in [2.24, 2.45) is 0 Å². The summed E-state index contributed by atoms with van der Waals surface area (Å²) in [7, 11) is 0. The number of hydrogen-bond donors (Lipinski definition) is 0. The number of hydrogen-bond acceptors (Lipinski definition) is 2. The maximum absolute atomic E-state index is 5.78. The smallest absolute Gasteiger partial charge is 0.0351 e. The summed E-state index contributed by atoms with van der Waals surface area (Å²) in [6.45, 7) is 11.1. The molecule has 2 nitrogen and oxygen atoms in total. The van der Waals surface area contributed by atoms with Crippen LogP contribution < -0.4 is 0 Å². The molecule has 1 heterocycles. The fraction of sp³-hybridized carbons (Fsp3) is 0.600. The molecule has 1 aromatic carbocycles. The molecular weight excluding hydrogens is 244 g/mol. The van der Waals surface area contributed by atoms with Gasteiger partial charge in [-0.1, -0.05) is 23.8 Å². The van der Waals surface area contributed by atoms with Gasteiger partial charge in [0.1, 0.15) is 0 Å². The van der Waals surface area contributed by atoms with Gasteiger partial charge in [-0.05, 0) is 25.0 Å². The SMILES string of the molecule is Cc1ccc(C)c(CN2CCN(CCCl)CC2)c1. The highest BCUT2D eigenvalue weighted by molar-refractivity contribution is 6.18. The van der Waals surface area contributed by atoms with E-state index < -0.39 is 0 Å². The highest BCUT2D eigenvalue weighted by Gasteiger charge is 2.16. The average molecular weight is 267 g/mol. The summed E-state index contributed by atoms with van der Waals surface area (Å²) >= 11 is 5.78. The minimum absolute atomic E-state index is 0.747. The van der Waals surface area contributed by atoms with Gasteiger partial charge in [0.25, 0.3) is 0 Å². The van der Waals surface area contributed by atoms with Crippen LogP contribution in [0.5, 0.6) is 0 Å². The van der Waals surface area contributed by atoms with Crippen molar-refractivity contribution in [3.8, 4) is 0 Å². The Bertz CT molecular complexity index is 384. The largest absolute Gasteiger partial charge is 0.300 e. The highest BCUT2D eigenvalue weighted by atomic mass is 35.5. The number of nitrogens with zero attached hydrogens (tertiary/aromatic N) is 2. The van der Waals surface area contributed by atoms with Crippen LogP contribution >= 0.6 is 11.6 Å². The third-order valence-corrected chi connectivity index (χ3v) is 3.93. The van der Waals surface area contributed by atoms with Gasteiger partial charge in [-0.25, -0.2) is 0 Å². The lowest BCUT2D eigenvalue weighted by Crippen LogP contribution is -2.46. The van der Waals surface area contributed by atoms with Crippen molar-refractivity contribution in [1.82, 2.24) is 9.80 Å². The van der Waals surface area contributed by atoms with Crippen LogP contribution in [-0.4, -0.2) is 48.4 Å². The van der Waals surface area contributed by atoms with Gasteiger partial charge in [0, 0.05) is 45.1 Å². The maximum Gasteiger partial charge on any atom is 0.0351 e. The van der Waals surface area contributed by atoms with E-state index in [9.17, 15) is 0 Å². The van der Waals surface area contributed by atoms with Crippen LogP contribution in [0, 0.1) is 13.8 Å². The predicted octanol–water partition coefficient (Wildman–Crippen LogP) is 2.66. The molecule has 0 amide bonds. The number of benzene rings is 1. The van der Waals surface area contributed by atoms with Gasteiger partial charge in [-0.15, -0.1) is 11.6 Å². The van der Waals surface area contributed by atoms with E-state index >= 15 is 0 Å². The topological polar surface area (TPSA) is 6.48 Å². The number of halogens is 1. The lowest BCUT2D eigenvalue weighted by molar-refractivity contribution is 0.132. The first-order valence-corrected chi connectivity index (χ1v) is 7.29. The Morgan fingerprint density at radius 2 is 1.72 bits per heavy atom. The van der Waals surface area contributed by atoms with Gasteiger partial charge < -0.3 is 0 Å². The second-order valence-corrected chi connectivity index (χ2v) is 5.61. The molecule has 0 atom stereocenters. The standard InChI is InChI=1S/C15H23ClN2/c1-13-3-4-14(2)15(11-13)12-18-9-7-17(6-5-16)8-10-18/h3-4,11H,5-10,12H2,1-2H3. The molecule has 1 aliphatic rings. The fourth-order valence-corrected chi connectivity index (χ4v) is 2.74. The monoisotopic (exact) mass is 266 g/mol.